The molecule has 0 spiro atoms. The van der Waals surface area contributed by atoms with Gasteiger partial charge in [-0.3, -0.25) is 9.69 Å². The molecule has 6 nitrogen and oxygen atoms in total. The summed E-state index contributed by atoms with van der Waals surface area (Å²) in [6.07, 6.45) is 4.38. The van der Waals surface area contributed by atoms with E-state index in [4.69, 9.17) is 4.74 Å². The number of amides is 1. The highest BCUT2D eigenvalue weighted by atomic mass is 16.5. The summed E-state index contributed by atoms with van der Waals surface area (Å²) in [7, 11) is 3.67. The highest BCUT2D eigenvalue weighted by molar-refractivity contribution is 5.88. The lowest BCUT2D eigenvalue weighted by molar-refractivity contribution is -0.132. The van der Waals surface area contributed by atoms with Crippen molar-refractivity contribution in [3.05, 3.63) is 83.4 Å². The van der Waals surface area contributed by atoms with Crippen molar-refractivity contribution in [2.45, 2.75) is 64.7 Å². The number of carbonyl (C=O) groups is 1. The Morgan fingerprint density at radius 2 is 1.69 bits per heavy atom. The minimum absolute atomic E-state index is 0.0734. The molecule has 1 atom stereocenters. The Morgan fingerprint density at radius 1 is 1.03 bits per heavy atom. The third kappa shape index (κ3) is 4.98. The molecule has 1 amide bonds. The van der Waals surface area contributed by atoms with Crippen LogP contribution in [0.1, 0.15) is 63.3 Å². The Kier molecular flexibility index (Phi) is 6.78. The predicted molar refractivity (Wildman–Crippen MR) is 139 cm³/mol. The first-order valence-electron chi connectivity index (χ1n) is 12.3. The quantitative estimate of drug-likeness (QED) is 0.479. The summed E-state index contributed by atoms with van der Waals surface area (Å²) in [5, 5.41) is 0. The summed E-state index contributed by atoms with van der Waals surface area (Å²) in [5.41, 5.74) is 3.01. The van der Waals surface area contributed by atoms with E-state index < -0.39 is 5.54 Å². The third-order valence-electron chi connectivity index (χ3n) is 7.20. The van der Waals surface area contributed by atoms with Gasteiger partial charge in [-0.15, -0.1) is 0 Å². The number of carbonyl (C=O) groups excluding carboxylic acids is 1. The van der Waals surface area contributed by atoms with Gasteiger partial charge >= 0.3 is 0 Å². The van der Waals surface area contributed by atoms with Crippen LogP contribution in [-0.4, -0.2) is 44.5 Å². The molecule has 35 heavy (non-hydrogen) atoms. The van der Waals surface area contributed by atoms with Gasteiger partial charge in [-0.25, -0.2) is 4.98 Å². The number of nitrogens with zero attached hydrogens (tertiary/aromatic N) is 4. The van der Waals surface area contributed by atoms with Crippen LogP contribution in [0.2, 0.25) is 0 Å². The van der Waals surface area contributed by atoms with Gasteiger partial charge in [0.05, 0.1) is 19.2 Å². The second-order valence-electron chi connectivity index (χ2n) is 11.0. The van der Waals surface area contributed by atoms with Crippen LogP contribution in [0.15, 0.2) is 60.9 Å². The lowest BCUT2D eigenvalue weighted by atomic mass is 9.86. The van der Waals surface area contributed by atoms with Crippen molar-refractivity contribution in [1.82, 2.24) is 19.4 Å². The van der Waals surface area contributed by atoms with Crippen LogP contribution in [0.25, 0.3) is 0 Å². The van der Waals surface area contributed by atoms with Crippen molar-refractivity contribution in [2.24, 2.45) is 7.05 Å². The van der Waals surface area contributed by atoms with Gasteiger partial charge in [0, 0.05) is 26.0 Å². The molecule has 0 bridgehead atoms. The SMILES string of the molecule is COc1ccc(CCN2C(=O)C(C)(C)N(Cc3nccn3C)C2c2ccc(C(C)(C)C)cc2)cc1. The minimum atomic E-state index is -0.654. The van der Waals surface area contributed by atoms with E-state index in [1.165, 1.54) is 11.1 Å². The van der Waals surface area contributed by atoms with E-state index in [9.17, 15) is 4.79 Å². The average Bonchev–Trinajstić information content (AvgIpc) is 3.31. The standard InChI is InChI=1S/C29H38N4O2/c1-28(2,3)23-12-10-22(11-13-23)26-32(18-16-21-8-14-24(35-7)15-9-21)27(34)29(4,5)33(26)20-25-30-17-19-31(25)6/h8-15,17,19,26H,16,18,20H2,1-7H3. The molecule has 0 N–H and O–H groups in total. The maximum atomic E-state index is 13.8. The van der Waals surface area contributed by atoms with Gasteiger partial charge in [0.2, 0.25) is 5.91 Å². The highest BCUT2D eigenvalue weighted by Gasteiger charge is 2.52. The van der Waals surface area contributed by atoms with Crippen molar-refractivity contribution < 1.29 is 9.53 Å². The van der Waals surface area contributed by atoms with Crippen molar-refractivity contribution in [2.75, 3.05) is 13.7 Å². The molecule has 6 heteroatoms. The lowest BCUT2D eigenvalue weighted by Crippen LogP contribution is -2.43. The molecule has 2 aromatic carbocycles. The second kappa shape index (κ2) is 9.50. The lowest BCUT2D eigenvalue weighted by Gasteiger charge is -2.34. The van der Waals surface area contributed by atoms with Crippen LogP contribution in [-0.2, 0) is 30.2 Å². The zero-order chi connectivity index (χ0) is 25.4. The molecule has 1 aliphatic heterocycles. The number of hydrogen-bond donors (Lipinski definition) is 0. The fourth-order valence-corrected chi connectivity index (χ4v) is 4.83. The Balaban J connectivity index is 1.69. The topological polar surface area (TPSA) is 50.6 Å². The molecule has 3 aromatic rings. The molecule has 1 aromatic heterocycles. The fourth-order valence-electron chi connectivity index (χ4n) is 4.83. The van der Waals surface area contributed by atoms with E-state index in [0.717, 1.165) is 23.6 Å². The van der Waals surface area contributed by atoms with Crippen molar-refractivity contribution in [3.8, 4) is 5.75 Å². The van der Waals surface area contributed by atoms with Gasteiger partial charge < -0.3 is 14.2 Å². The van der Waals surface area contributed by atoms with Crippen LogP contribution < -0.4 is 4.74 Å². The summed E-state index contributed by atoms with van der Waals surface area (Å²) in [5.74, 6) is 1.93. The summed E-state index contributed by atoms with van der Waals surface area (Å²) in [6, 6.07) is 16.9. The van der Waals surface area contributed by atoms with E-state index in [-0.39, 0.29) is 17.5 Å². The number of methoxy groups -OCH3 is 1. The van der Waals surface area contributed by atoms with Gasteiger partial charge in [-0.2, -0.15) is 0 Å². The average molecular weight is 475 g/mol. The number of ether oxygens (including phenoxy) is 1. The first kappa shape index (κ1) is 25.0. The number of aromatic nitrogens is 2. The highest BCUT2D eigenvalue weighted by Crippen LogP contribution is 2.42. The Morgan fingerprint density at radius 3 is 2.23 bits per heavy atom. The maximum absolute atomic E-state index is 13.8. The van der Waals surface area contributed by atoms with E-state index in [1.807, 2.05) is 54.9 Å². The molecule has 1 fully saturated rings. The number of benzene rings is 2. The van der Waals surface area contributed by atoms with Gasteiger partial charge in [0.1, 0.15) is 17.7 Å². The predicted octanol–water partition coefficient (Wildman–Crippen LogP) is 5.09. The summed E-state index contributed by atoms with van der Waals surface area (Å²) in [4.78, 5) is 22.7. The van der Waals surface area contributed by atoms with Crippen LogP contribution in [0.4, 0.5) is 0 Å². The number of aryl methyl sites for hydroxylation is 1. The Bertz CT molecular complexity index is 1160. The molecule has 4 rings (SSSR count). The maximum Gasteiger partial charge on any atom is 0.244 e. The molecule has 1 aliphatic rings. The molecule has 0 aliphatic carbocycles. The van der Waals surface area contributed by atoms with Gasteiger partial charge in [-0.1, -0.05) is 57.2 Å². The first-order valence-corrected chi connectivity index (χ1v) is 12.3. The van der Waals surface area contributed by atoms with E-state index >= 15 is 0 Å². The third-order valence-corrected chi connectivity index (χ3v) is 7.20. The molecular formula is C29H38N4O2. The Labute approximate surface area is 209 Å². The number of imidazole rings is 1. The van der Waals surface area contributed by atoms with E-state index in [0.29, 0.717) is 13.1 Å². The van der Waals surface area contributed by atoms with Gasteiger partial charge in [0.25, 0.3) is 0 Å². The van der Waals surface area contributed by atoms with Crippen LogP contribution in [0, 0.1) is 0 Å². The van der Waals surface area contributed by atoms with Crippen molar-refractivity contribution >= 4 is 5.91 Å². The van der Waals surface area contributed by atoms with Crippen molar-refractivity contribution in [3.63, 3.8) is 0 Å². The van der Waals surface area contributed by atoms with Crippen LogP contribution in [0.5, 0.6) is 5.75 Å². The smallest absolute Gasteiger partial charge is 0.244 e. The minimum Gasteiger partial charge on any atom is -0.497 e. The summed E-state index contributed by atoms with van der Waals surface area (Å²) < 4.78 is 7.32. The summed E-state index contributed by atoms with van der Waals surface area (Å²) in [6.45, 7) is 11.9. The normalized spacial score (nSPS) is 18.3. The molecule has 2 heterocycles. The molecule has 1 saturated heterocycles. The summed E-state index contributed by atoms with van der Waals surface area (Å²) >= 11 is 0. The fraction of sp³-hybridized carbons (Fsp3) is 0.448. The zero-order valence-electron chi connectivity index (χ0n) is 22.1. The number of hydrogen-bond acceptors (Lipinski definition) is 4. The molecule has 1 unspecified atom stereocenters. The van der Waals surface area contributed by atoms with Gasteiger partial charge in [0.15, 0.2) is 0 Å². The van der Waals surface area contributed by atoms with Crippen LogP contribution >= 0.6 is 0 Å². The zero-order valence-corrected chi connectivity index (χ0v) is 22.1. The molecular weight excluding hydrogens is 436 g/mol. The first-order chi connectivity index (χ1) is 16.5. The van der Waals surface area contributed by atoms with Crippen LogP contribution in [0.3, 0.4) is 0 Å². The molecule has 0 saturated carbocycles. The van der Waals surface area contributed by atoms with E-state index in [2.05, 4.69) is 67.1 Å². The van der Waals surface area contributed by atoms with Gasteiger partial charge in [-0.05, 0) is 54.5 Å². The van der Waals surface area contributed by atoms with E-state index in [1.54, 1.807) is 7.11 Å². The second-order valence-corrected chi connectivity index (χ2v) is 11.0. The molecule has 0 radical (unpaired) electrons. The Hall–Kier alpha value is -3.12. The van der Waals surface area contributed by atoms with Crippen molar-refractivity contribution in [1.29, 1.82) is 0 Å². The number of rotatable bonds is 7. The monoisotopic (exact) mass is 474 g/mol. The molecule has 186 valence electrons. The largest absolute Gasteiger partial charge is 0.497 e.